The number of epoxide rings is 1. The SMILES string of the molecule is O=C1OC(c2ccccc2)[C@H]2O[C@@]12c1ccccc1. The fourth-order valence-corrected chi connectivity index (χ4v) is 2.79. The molecule has 94 valence electrons. The first-order valence-electron chi connectivity index (χ1n) is 6.32. The van der Waals surface area contributed by atoms with Crippen molar-refractivity contribution in [2.24, 2.45) is 0 Å². The van der Waals surface area contributed by atoms with Crippen molar-refractivity contribution >= 4 is 5.97 Å². The first-order valence-corrected chi connectivity index (χ1v) is 6.32. The lowest BCUT2D eigenvalue weighted by atomic mass is 9.93. The van der Waals surface area contributed by atoms with E-state index in [0.29, 0.717) is 0 Å². The van der Waals surface area contributed by atoms with Crippen LogP contribution in [0.1, 0.15) is 17.2 Å². The summed E-state index contributed by atoms with van der Waals surface area (Å²) in [5.74, 6) is -0.280. The largest absolute Gasteiger partial charge is 0.452 e. The van der Waals surface area contributed by atoms with Crippen molar-refractivity contribution in [3.05, 3.63) is 71.8 Å². The van der Waals surface area contributed by atoms with E-state index in [9.17, 15) is 4.79 Å². The van der Waals surface area contributed by atoms with E-state index >= 15 is 0 Å². The minimum atomic E-state index is -0.873. The Morgan fingerprint density at radius 3 is 2.16 bits per heavy atom. The summed E-state index contributed by atoms with van der Waals surface area (Å²) >= 11 is 0. The highest BCUT2D eigenvalue weighted by molar-refractivity contribution is 5.88. The average Bonchev–Trinajstić information content (AvgIpc) is 3.17. The number of ether oxygens (including phenoxy) is 2. The van der Waals surface area contributed by atoms with Crippen LogP contribution in [0.2, 0.25) is 0 Å². The number of benzene rings is 2. The van der Waals surface area contributed by atoms with Crippen molar-refractivity contribution < 1.29 is 14.3 Å². The van der Waals surface area contributed by atoms with Gasteiger partial charge < -0.3 is 9.47 Å². The molecular weight excluding hydrogens is 240 g/mol. The molecule has 3 nitrogen and oxygen atoms in total. The van der Waals surface area contributed by atoms with Gasteiger partial charge in [-0.2, -0.15) is 0 Å². The van der Waals surface area contributed by atoms with E-state index in [-0.39, 0.29) is 18.2 Å². The molecule has 2 aromatic carbocycles. The number of rotatable bonds is 2. The molecule has 0 amide bonds. The minimum absolute atomic E-state index is 0.204. The van der Waals surface area contributed by atoms with Gasteiger partial charge in [-0.3, -0.25) is 0 Å². The molecule has 0 spiro atoms. The molecule has 0 radical (unpaired) electrons. The molecule has 2 aromatic rings. The van der Waals surface area contributed by atoms with E-state index in [2.05, 4.69) is 0 Å². The molecule has 2 aliphatic heterocycles. The number of hydrogen-bond acceptors (Lipinski definition) is 3. The van der Waals surface area contributed by atoms with Crippen LogP contribution >= 0.6 is 0 Å². The Labute approximate surface area is 110 Å². The van der Waals surface area contributed by atoms with E-state index in [1.807, 2.05) is 60.7 Å². The minimum Gasteiger partial charge on any atom is -0.452 e. The number of fused-ring (bicyclic) bond motifs is 1. The third kappa shape index (κ3) is 1.39. The van der Waals surface area contributed by atoms with Gasteiger partial charge in [0, 0.05) is 0 Å². The van der Waals surface area contributed by atoms with Gasteiger partial charge in [0.25, 0.3) is 0 Å². The maximum absolute atomic E-state index is 12.2. The van der Waals surface area contributed by atoms with Crippen molar-refractivity contribution in [1.82, 2.24) is 0 Å². The predicted octanol–water partition coefficient (Wildman–Crippen LogP) is 2.58. The smallest absolute Gasteiger partial charge is 0.346 e. The van der Waals surface area contributed by atoms with Crippen LogP contribution in [0.15, 0.2) is 60.7 Å². The van der Waals surface area contributed by atoms with Crippen molar-refractivity contribution in [2.45, 2.75) is 17.8 Å². The van der Waals surface area contributed by atoms with Crippen LogP contribution in [0, 0.1) is 0 Å². The molecule has 19 heavy (non-hydrogen) atoms. The van der Waals surface area contributed by atoms with Crippen LogP contribution in [0.3, 0.4) is 0 Å². The molecule has 2 saturated heterocycles. The van der Waals surface area contributed by atoms with Gasteiger partial charge in [0.1, 0.15) is 6.10 Å². The summed E-state index contributed by atoms with van der Waals surface area (Å²) in [5.41, 5.74) is 0.987. The maximum Gasteiger partial charge on any atom is 0.346 e. The summed E-state index contributed by atoms with van der Waals surface area (Å²) in [6, 6.07) is 19.3. The summed E-state index contributed by atoms with van der Waals surface area (Å²) in [6.45, 7) is 0. The van der Waals surface area contributed by atoms with Crippen LogP contribution in [-0.4, -0.2) is 12.1 Å². The Bertz CT molecular complexity index is 623. The van der Waals surface area contributed by atoms with Gasteiger partial charge in [0.15, 0.2) is 6.10 Å². The van der Waals surface area contributed by atoms with Crippen LogP contribution < -0.4 is 0 Å². The summed E-state index contributed by atoms with van der Waals surface area (Å²) < 4.78 is 11.2. The van der Waals surface area contributed by atoms with Crippen molar-refractivity contribution in [1.29, 1.82) is 0 Å². The van der Waals surface area contributed by atoms with Gasteiger partial charge in [0.05, 0.1) is 0 Å². The normalized spacial score (nSPS) is 31.7. The van der Waals surface area contributed by atoms with E-state index < -0.39 is 5.60 Å². The van der Waals surface area contributed by atoms with Gasteiger partial charge in [-0.25, -0.2) is 4.79 Å². The van der Waals surface area contributed by atoms with Crippen LogP contribution in [0.25, 0.3) is 0 Å². The quantitative estimate of drug-likeness (QED) is 0.609. The number of hydrogen-bond donors (Lipinski definition) is 0. The van der Waals surface area contributed by atoms with Crippen LogP contribution in [0.4, 0.5) is 0 Å². The van der Waals surface area contributed by atoms with Crippen molar-refractivity contribution in [3.63, 3.8) is 0 Å². The van der Waals surface area contributed by atoms with E-state index in [1.54, 1.807) is 0 Å². The number of carbonyl (C=O) groups is 1. The molecular formula is C16H12O3. The Hall–Kier alpha value is -2.13. The van der Waals surface area contributed by atoms with Gasteiger partial charge in [-0.05, 0) is 11.1 Å². The molecule has 2 aliphatic rings. The first kappa shape index (κ1) is 10.8. The Kier molecular flexibility index (Phi) is 2.09. The van der Waals surface area contributed by atoms with Crippen LogP contribution in [-0.2, 0) is 19.9 Å². The third-order valence-corrected chi connectivity index (χ3v) is 3.80. The van der Waals surface area contributed by atoms with Gasteiger partial charge in [0.2, 0.25) is 5.60 Å². The highest BCUT2D eigenvalue weighted by Gasteiger charge is 2.74. The maximum atomic E-state index is 12.2. The number of carbonyl (C=O) groups excluding carboxylic acids is 1. The first-order chi connectivity index (χ1) is 9.32. The molecule has 0 aliphatic carbocycles. The predicted molar refractivity (Wildman–Crippen MR) is 68.3 cm³/mol. The lowest BCUT2D eigenvalue weighted by Crippen LogP contribution is -2.19. The Morgan fingerprint density at radius 2 is 1.53 bits per heavy atom. The molecule has 0 saturated carbocycles. The van der Waals surface area contributed by atoms with E-state index in [1.165, 1.54) is 0 Å². The third-order valence-electron chi connectivity index (χ3n) is 3.80. The molecule has 2 heterocycles. The second-order valence-corrected chi connectivity index (χ2v) is 4.88. The number of cyclic esters (lactones) is 1. The zero-order chi connectivity index (χ0) is 12.9. The molecule has 0 aromatic heterocycles. The standard InChI is InChI=1S/C16H12O3/c17-15-16(12-9-5-2-6-10-12)14(19-16)13(18-15)11-7-3-1-4-8-11/h1-10,13-14H/t13?,14-,16-/m1/s1. The van der Waals surface area contributed by atoms with Gasteiger partial charge >= 0.3 is 5.97 Å². The lowest BCUT2D eigenvalue weighted by molar-refractivity contribution is -0.154. The Balaban J connectivity index is 1.72. The van der Waals surface area contributed by atoms with Gasteiger partial charge in [-0.1, -0.05) is 60.7 Å². The highest BCUT2D eigenvalue weighted by atomic mass is 16.7. The fraction of sp³-hybridized carbons (Fsp3) is 0.188. The summed E-state index contributed by atoms with van der Waals surface area (Å²) in [4.78, 5) is 12.2. The van der Waals surface area contributed by atoms with Crippen LogP contribution in [0.5, 0.6) is 0 Å². The van der Waals surface area contributed by atoms with E-state index in [0.717, 1.165) is 11.1 Å². The lowest BCUT2D eigenvalue weighted by Gasteiger charge is -2.11. The molecule has 4 rings (SSSR count). The number of esters is 1. The molecule has 3 heteroatoms. The topological polar surface area (TPSA) is 38.8 Å². The van der Waals surface area contributed by atoms with Crippen molar-refractivity contribution in [2.75, 3.05) is 0 Å². The van der Waals surface area contributed by atoms with E-state index in [4.69, 9.17) is 9.47 Å². The summed E-state index contributed by atoms with van der Waals surface area (Å²) in [7, 11) is 0. The molecule has 2 fully saturated rings. The van der Waals surface area contributed by atoms with Gasteiger partial charge in [-0.15, -0.1) is 0 Å². The highest BCUT2D eigenvalue weighted by Crippen LogP contribution is 2.59. The average molecular weight is 252 g/mol. The zero-order valence-corrected chi connectivity index (χ0v) is 10.2. The molecule has 0 N–H and O–H groups in total. The second-order valence-electron chi connectivity index (χ2n) is 4.88. The summed E-state index contributed by atoms with van der Waals surface area (Å²) in [6.07, 6.45) is -0.501. The summed E-state index contributed by atoms with van der Waals surface area (Å²) in [5, 5.41) is 0. The molecule has 1 unspecified atom stereocenters. The molecule has 3 atom stereocenters. The second kappa shape index (κ2) is 3.68. The fourth-order valence-electron chi connectivity index (χ4n) is 2.79. The Morgan fingerprint density at radius 1 is 0.895 bits per heavy atom. The van der Waals surface area contributed by atoms with Crippen molar-refractivity contribution in [3.8, 4) is 0 Å². The monoisotopic (exact) mass is 252 g/mol. The molecule has 0 bridgehead atoms. The zero-order valence-electron chi connectivity index (χ0n) is 10.2.